The molecule has 2 aromatic carbocycles. The van der Waals surface area contributed by atoms with Gasteiger partial charge in [-0.25, -0.2) is 8.42 Å². The second-order valence-electron chi connectivity index (χ2n) is 6.30. The highest BCUT2D eigenvalue weighted by Gasteiger charge is 2.16. The summed E-state index contributed by atoms with van der Waals surface area (Å²) >= 11 is 0. The van der Waals surface area contributed by atoms with Crippen molar-refractivity contribution in [3.63, 3.8) is 0 Å². The molecular formula is C19H25N2O3S+. The van der Waals surface area contributed by atoms with E-state index in [0.717, 1.165) is 24.1 Å². The Morgan fingerprint density at radius 2 is 1.64 bits per heavy atom. The van der Waals surface area contributed by atoms with Crippen molar-refractivity contribution < 1.29 is 18.1 Å². The average molecular weight is 361 g/mol. The van der Waals surface area contributed by atoms with Gasteiger partial charge in [-0.1, -0.05) is 43.3 Å². The van der Waals surface area contributed by atoms with Gasteiger partial charge in [0.05, 0.1) is 17.6 Å². The van der Waals surface area contributed by atoms with Crippen LogP contribution in [0.5, 0.6) is 0 Å². The first-order chi connectivity index (χ1) is 11.8. The van der Waals surface area contributed by atoms with Gasteiger partial charge in [-0.15, -0.1) is 0 Å². The number of para-hydroxylation sites is 1. The second-order valence-corrected chi connectivity index (χ2v) is 8.28. The Bertz CT molecular complexity index is 830. The number of hydrogen-bond acceptors (Lipinski definition) is 3. The number of amides is 1. The summed E-state index contributed by atoms with van der Waals surface area (Å²) in [5.74, 6) is -0.209. The number of rotatable bonds is 7. The van der Waals surface area contributed by atoms with E-state index in [1.165, 1.54) is 17.2 Å². The lowest BCUT2D eigenvalue weighted by atomic mass is 10.1. The second kappa shape index (κ2) is 8.27. The first-order valence-electron chi connectivity index (χ1n) is 8.27. The fraction of sp³-hybridized carbons (Fsp3) is 0.316. The van der Waals surface area contributed by atoms with Crippen molar-refractivity contribution in [1.82, 2.24) is 0 Å². The molecule has 134 valence electrons. The van der Waals surface area contributed by atoms with Crippen LogP contribution in [0.1, 0.15) is 18.1 Å². The molecule has 2 N–H and O–H groups in total. The van der Waals surface area contributed by atoms with E-state index < -0.39 is 9.84 Å². The highest BCUT2D eigenvalue weighted by molar-refractivity contribution is 7.90. The van der Waals surface area contributed by atoms with E-state index in [-0.39, 0.29) is 17.3 Å². The minimum absolute atomic E-state index is 0.135. The van der Waals surface area contributed by atoms with Crippen LogP contribution in [0, 0.1) is 0 Å². The Kier molecular flexibility index (Phi) is 6.33. The van der Waals surface area contributed by atoms with Crippen LogP contribution in [0.3, 0.4) is 0 Å². The van der Waals surface area contributed by atoms with Crippen LogP contribution in [-0.2, 0) is 27.6 Å². The minimum Gasteiger partial charge on any atom is -0.326 e. The molecule has 2 aromatic rings. The summed E-state index contributed by atoms with van der Waals surface area (Å²) < 4.78 is 23.6. The summed E-state index contributed by atoms with van der Waals surface area (Å²) in [5, 5.41) is 2.71. The van der Waals surface area contributed by atoms with Crippen molar-refractivity contribution in [3.05, 3.63) is 59.7 Å². The highest BCUT2D eigenvalue weighted by atomic mass is 32.2. The smallest absolute Gasteiger partial charge is 0.279 e. The fourth-order valence-corrected chi connectivity index (χ4v) is 3.51. The van der Waals surface area contributed by atoms with E-state index in [2.05, 4.69) is 36.5 Å². The molecule has 0 spiro atoms. The molecular weight excluding hydrogens is 336 g/mol. The SMILES string of the molecule is CCc1ccc(C[NH+](C)CC(=O)Nc2ccccc2S(C)(=O)=O)cc1. The lowest BCUT2D eigenvalue weighted by Crippen LogP contribution is -3.08. The first-order valence-corrected chi connectivity index (χ1v) is 10.2. The van der Waals surface area contributed by atoms with Gasteiger partial charge in [0.25, 0.3) is 5.91 Å². The third-order valence-electron chi connectivity index (χ3n) is 3.96. The summed E-state index contributed by atoms with van der Waals surface area (Å²) in [6, 6.07) is 14.8. The number of carbonyl (C=O) groups excluding carboxylic acids is 1. The molecule has 0 aromatic heterocycles. The van der Waals surface area contributed by atoms with Crippen molar-refractivity contribution in [1.29, 1.82) is 0 Å². The monoisotopic (exact) mass is 361 g/mol. The average Bonchev–Trinajstić information content (AvgIpc) is 2.54. The van der Waals surface area contributed by atoms with Crippen LogP contribution >= 0.6 is 0 Å². The van der Waals surface area contributed by atoms with E-state index in [9.17, 15) is 13.2 Å². The van der Waals surface area contributed by atoms with E-state index in [1.54, 1.807) is 18.2 Å². The molecule has 0 aliphatic rings. The van der Waals surface area contributed by atoms with E-state index in [4.69, 9.17) is 0 Å². The normalized spacial score (nSPS) is 12.6. The Balaban J connectivity index is 1.98. The number of anilines is 1. The van der Waals surface area contributed by atoms with Crippen LogP contribution < -0.4 is 10.2 Å². The lowest BCUT2D eigenvalue weighted by molar-refractivity contribution is -0.885. The van der Waals surface area contributed by atoms with Crippen LogP contribution in [0.25, 0.3) is 0 Å². The van der Waals surface area contributed by atoms with Crippen molar-refractivity contribution >= 4 is 21.4 Å². The van der Waals surface area contributed by atoms with Crippen molar-refractivity contribution in [2.75, 3.05) is 25.2 Å². The maximum atomic E-state index is 12.3. The molecule has 1 unspecified atom stereocenters. The number of aryl methyl sites for hydroxylation is 1. The molecule has 0 aliphatic carbocycles. The first kappa shape index (κ1) is 19.1. The third kappa shape index (κ3) is 5.69. The highest BCUT2D eigenvalue weighted by Crippen LogP contribution is 2.20. The molecule has 0 bridgehead atoms. The molecule has 0 radical (unpaired) electrons. The van der Waals surface area contributed by atoms with Crippen LogP contribution in [0.2, 0.25) is 0 Å². The Labute approximate surface area is 149 Å². The van der Waals surface area contributed by atoms with Gasteiger partial charge in [0.1, 0.15) is 6.54 Å². The minimum atomic E-state index is -3.38. The zero-order valence-corrected chi connectivity index (χ0v) is 15.7. The largest absolute Gasteiger partial charge is 0.326 e. The Hall–Kier alpha value is -2.18. The molecule has 25 heavy (non-hydrogen) atoms. The molecule has 0 saturated heterocycles. The summed E-state index contributed by atoms with van der Waals surface area (Å²) in [5.41, 5.74) is 2.78. The van der Waals surface area contributed by atoms with Crippen molar-refractivity contribution in [3.8, 4) is 0 Å². The molecule has 0 aliphatic heterocycles. The maximum absolute atomic E-state index is 12.3. The van der Waals surface area contributed by atoms with Gasteiger partial charge in [0.15, 0.2) is 16.4 Å². The number of likely N-dealkylation sites (N-methyl/N-ethyl adjacent to an activating group) is 1. The summed E-state index contributed by atoms with van der Waals surface area (Å²) in [6.45, 7) is 3.10. The van der Waals surface area contributed by atoms with E-state index >= 15 is 0 Å². The third-order valence-corrected chi connectivity index (χ3v) is 5.12. The summed E-state index contributed by atoms with van der Waals surface area (Å²) in [6.07, 6.45) is 2.14. The van der Waals surface area contributed by atoms with Gasteiger partial charge < -0.3 is 10.2 Å². The van der Waals surface area contributed by atoms with Crippen molar-refractivity contribution in [2.45, 2.75) is 24.8 Å². The topological polar surface area (TPSA) is 67.7 Å². The number of carbonyl (C=O) groups is 1. The molecule has 0 fully saturated rings. The Morgan fingerprint density at radius 3 is 2.24 bits per heavy atom. The number of sulfone groups is 1. The van der Waals surface area contributed by atoms with Crippen LogP contribution in [0.15, 0.2) is 53.4 Å². The predicted octanol–water partition coefficient (Wildman–Crippen LogP) is 1.31. The van der Waals surface area contributed by atoms with Crippen LogP contribution in [0.4, 0.5) is 5.69 Å². The predicted molar refractivity (Wildman–Crippen MR) is 99.5 cm³/mol. The number of quaternary nitrogens is 1. The summed E-state index contributed by atoms with van der Waals surface area (Å²) in [7, 11) is -1.44. The van der Waals surface area contributed by atoms with Crippen molar-refractivity contribution in [2.24, 2.45) is 0 Å². The van der Waals surface area contributed by atoms with Gasteiger partial charge in [-0.3, -0.25) is 4.79 Å². The fourth-order valence-electron chi connectivity index (χ4n) is 2.67. The lowest BCUT2D eigenvalue weighted by Gasteiger charge is -2.15. The zero-order valence-electron chi connectivity index (χ0n) is 14.9. The van der Waals surface area contributed by atoms with Gasteiger partial charge in [-0.2, -0.15) is 0 Å². The molecule has 0 saturated carbocycles. The zero-order chi connectivity index (χ0) is 18.4. The molecule has 1 atom stereocenters. The molecule has 5 nitrogen and oxygen atoms in total. The number of nitrogens with one attached hydrogen (secondary N) is 2. The van der Waals surface area contributed by atoms with E-state index in [0.29, 0.717) is 5.69 Å². The molecule has 1 amide bonds. The van der Waals surface area contributed by atoms with Gasteiger partial charge in [0.2, 0.25) is 0 Å². The van der Waals surface area contributed by atoms with Gasteiger partial charge >= 0.3 is 0 Å². The number of hydrogen-bond donors (Lipinski definition) is 2. The summed E-state index contributed by atoms with van der Waals surface area (Å²) in [4.78, 5) is 13.4. The van der Waals surface area contributed by atoms with Crippen LogP contribution in [-0.4, -0.2) is 34.2 Å². The van der Waals surface area contributed by atoms with Gasteiger partial charge in [0, 0.05) is 11.8 Å². The Morgan fingerprint density at radius 1 is 1.04 bits per heavy atom. The van der Waals surface area contributed by atoms with Gasteiger partial charge in [-0.05, 0) is 24.1 Å². The molecule has 0 heterocycles. The maximum Gasteiger partial charge on any atom is 0.279 e. The number of benzene rings is 2. The molecule has 6 heteroatoms. The quantitative estimate of drug-likeness (QED) is 0.781. The standard InChI is InChI=1S/C19H24N2O3S/c1-4-15-9-11-16(12-10-15)13-21(2)14-19(22)20-17-7-5-6-8-18(17)25(3,23)24/h5-12H,4,13-14H2,1-3H3,(H,20,22)/p+1. The molecule has 2 rings (SSSR count). The van der Waals surface area contributed by atoms with E-state index in [1.807, 2.05) is 7.05 Å².